The second-order valence-corrected chi connectivity index (χ2v) is 8.26. The Kier molecular flexibility index (Phi) is 6.34. The average molecular weight is 481 g/mol. The zero-order valence-electron chi connectivity index (χ0n) is 17.5. The van der Waals surface area contributed by atoms with Gasteiger partial charge in [0.25, 0.3) is 0 Å². The summed E-state index contributed by atoms with van der Waals surface area (Å²) < 4.78 is 5.28. The van der Waals surface area contributed by atoms with Gasteiger partial charge in [-0.2, -0.15) is 0 Å². The van der Waals surface area contributed by atoms with Gasteiger partial charge in [-0.25, -0.2) is 14.8 Å². The molecule has 4 rings (SSSR count). The van der Waals surface area contributed by atoms with Gasteiger partial charge in [0.15, 0.2) is 10.8 Å². The summed E-state index contributed by atoms with van der Waals surface area (Å²) in [4.78, 5) is 45.9. The highest BCUT2D eigenvalue weighted by molar-refractivity contribution is 7.14. The first-order valence-electron chi connectivity index (χ1n) is 9.72. The van der Waals surface area contributed by atoms with Crippen LogP contribution >= 0.6 is 22.9 Å². The Morgan fingerprint density at radius 2 is 1.91 bits per heavy atom. The Hall–Kier alpha value is -3.82. The number of cyclic esters (lactones) is 1. The lowest BCUT2D eigenvalue weighted by Gasteiger charge is -2.18. The molecule has 166 valence electrons. The maximum atomic E-state index is 12.3. The molecule has 1 aromatic heterocycles. The van der Waals surface area contributed by atoms with Crippen LogP contribution in [-0.4, -0.2) is 28.7 Å². The lowest BCUT2D eigenvalue weighted by atomic mass is 10.2. The topological polar surface area (TPSA) is 101 Å². The number of anilines is 3. The Bertz CT molecular complexity index is 1310. The Balaban J connectivity index is 1.58. The van der Waals surface area contributed by atoms with Crippen LogP contribution in [0.2, 0.25) is 5.02 Å². The van der Waals surface area contributed by atoms with E-state index in [0.29, 0.717) is 32.8 Å². The van der Waals surface area contributed by atoms with Crippen LogP contribution in [0.3, 0.4) is 0 Å². The fourth-order valence-electron chi connectivity index (χ4n) is 3.06. The van der Waals surface area contributed by atoms with Crippen molar-refractivity contribution in [3.8, 4) is 0 Å². The minimum Gasteiger partial charge on any atom is -0.402 e. The van der Waals surface area contributed by atoms with Gasteiger partial charge in [-0.3, -0.25) is 14.5 Å². The second-order valence-electron chi connectivity index (χ2n) is 6.98. The van der Waals surface area contributed by atoms with Gasteiger partial charge in [-0.1, -0.05) is 17.7 Å². The van der Waals surface area contributed by atoms with Crippen molar-refractivity contribution >= 4 is 69.2 Å². The largest absolute Gasteiger partial charge is 0.402 e. The van der Waals surface area contributed by atoms with Crippen molar-refractivity contribution in [3.63, 3.8) is 0 Å². The van der Waals surface area contributed by atoms with Crippen LogP contribution in [0.4, 0.5) is 16.5 Å². The fraction of sp³-hybridized carbons (Fsp3) is 0.0870. The van der Waals surface area contributed by atoms with Crippen LogP contribution in [0, 0.1) is 0 Å². The Morgan fingerprint density at radius 3 is 2.58 bits per heavy atom. The molecule has 0 saturated carbocycles. The maximum absolute atomic E-state index is 12.3. The molecule has 3 aromatic rings. The summed E-state index contributed by atoms with van der Waals surface area (Å²) in [6.45, 7) is 2.85. The summed E-state index contributed by atoms with van der Waals surface area (Å²) in [7, 11) is 0. The molecular formula is C23H17ClN4O4S. The molecule has 10 heteroatoms. The lowest BCUT2D eigenvalue weighted by molar-refractivity contribution is -0.130. The number of thiazole rings is 1. The van der Waals surface area contributed by atoms with Crippen LogP contribution in [-0.2, 0) is 19.1 Å². The maximum Gasteiger partial charge on any atom is 0.363 e. The van der Waals surface area contributed by atoms with Gasteiger partial charge in [0.05, 0.1) is 11.4 Å². The van der Waals surface area contributed by atoms with E-state index < -0.39 is 5.97 Å². The lowest BCUT2D eigenvalue weighted by Crippen LogP contribution is -2.22. The number of ether oxygens (including phenoxy) is 1. The van der Waals surface area contributed by atoms with E-state index in [1.807, 2.05) is 0 Å². The predicted octanol–water partition coefficient (Wildman–Crippen LogP) is 4.78. The standard InChI is InChI=1S/C23H17ClN4O4S/c1-13(29)25-17-8-6-15(7-9-17)21-27-20(22(31)32-21)11-18-12-33-23(26-18)28(14(2)30)19-5-3-4-16(24)10-19/h3-12H,1-2H3,(H,25,29)/b20-11-. The molecule has 0 aliphatic carbocycles. The van der Waals surface area contributed by atoms with E-state index >= 15 is 0 Å². The van der Waals surface area contributed by atoms with E-state index in [1.165, 1.54) is 36.2 Å². The van der Waals surface area contributed by atoms with Gasteiger partial charge in [-0.15, -0.1) is 11.3 Å². The summed E-state index contributed by atoms with van der Waals surface area (Å²) in [6.07, 6.45) is 1.50. The van der Waals surface area contributed by atoms with E-state index in [2.05, 4.69) is 15.3 Å². The quantitative estimate of drug-likeness (QED) is 0.418. The first-order valence-corrected chi connectivity index (χ1v) is 11.0. The van der Waals surface area contributed by atoms with Crippen molar-refractivity contribution in [1.29, 1.82) is 0 Å². The number of hydrogen-bond donors (Lipinski definition) is 1. The van der Waals surface area contributed by atoms with E-state index in [4.69, 9.17) is 16.3 Å². The SMILES string of the molecule is CC(=O)Nc1ccc(C2=N/C(=C\c3csc(N(C(C)=O)c4cccc(Cl)c4)n3)C(=O)O2)cc1. The van der Waals surface area contributed by atoms with Crippen molar-refractivity contribution in [2.24, 2.45) is 4.99 Å². The second kappa shape index (κ2) is 9.35. The molecule has 2 heterocycles. The molecule has 0 radical (unpaired) electrons. The number of carbonyl (C=O) groups is 3. The Morgan fingerprint density at radius 1 is 1.15 bits per heavy atom. The fourth-order valence-corrected chi connectivity index (χ4v) is 4.09. The predicted molar refractivity (Wildman–Crippen MR) is 128 cm³/mol. The van der Waals surface area contributed by atoms with Crippen LogP contribution in [0.1, 0.15) is 25.1 Å². The summed E-state index contributed by atoms with van der Waals surface area (Å²) in [5.41, 5.74) is 2.35. The monoisotopic (exact) mass is 480 g/mol. The summed E-state index contributed by atoms with van der Waals surface area (Å²) in [5.74, 6) is -0.864. The molecule has 0 atom stereocenters. The highest BCUT2D eigenvalue weighted by Crippen LogP contribution is 2.31. The zero-order valence-corrected chi connectivity index (χ0v) is 19.1. The third-order valence-electron chi connectivity index (χ3n) is 4.44. The molecule has 0 spiro atoms. The third-order valence-corrected chi connectivity index (χ3v) is 5.52. The molecule has 2 amide bonds. The normalized spacial score (nSPS) is 14.1. The number of carbonyl (C=O) groups excluding carboxylic acids is 3. The molecule has 1 aliphatic rings. The number of halogens is 1. The number of nitrogens with zero attached hydrogens (tertiary/aromatic N) is 3. The van der Waals surface area contributed by atoms with E-state index in [1.54, 1.807) is 53.9 Å². The third kappa shape index (κ3) is 5.16. The molecular weight excluding hydrogens is 464 g/mol. The first kappa shape index (κ1) is 22.4. The van der Waals surface area contributed by atoms with Gasteiger partial charge in [0, 0.05) is 35.5 Å². The molecule has 0 saturated heterocycles. The van der Waals surface area contributed by atoms with Crippen molar-refractivity contribution < 1.29 is 19.1 Å². The number of aromatic nitrogens is 1. The van der Waals surface area contributed by atoms with Gasteiger partial charge in [0.1, 0.15) is 0 Å². The number of hydrogen-bond acceptors (Lipinski definition) is 7. The molecule has 1 aliphatic heterocycles. The molecule has 1 N–H and O–H groups in total. The van der Waals surface area contributed by atoms with Gasteiger partial charge >= 0.3 is 5.97 Å². The minimum absolute atomic E-state index is 0.0879. The van der Waals surface area contributed by atoms with Crippen LogP contribution in [0.5, 0.6) is 0 Å². The van der Waals surface area contributed by atoms with Crippen molar-refractivity contribution in [2.75, 3.05) is 10.2 Å². The zero-order chi connectivity index (χ0) is 23.5. The van der Waals surface area contributed by atoms with E-state index in [0.717, 1.165) is 0 Å². The molecule has 33 heavy (non-hydrogen) atoms. The minimum atomic E-state index is -0.608. The number of rotatable bonds is 5. The first-order chi connectivity index (χ1) is 15.8. The van der Waals surface area contributed by atoms with Crippen molar-refractivity contribution in [1.82, 2.24) is 4.98 Å². The van der Waals surface area contributed by atoms with Crippen LogP contribution in [0.15, 0.2) is 64.6 Å². The molecule has 8 nitrogen and oxygen atoms in total. The highest BCUT2D eigenvalue weighted by atomic mass is 35.5. The number of aliphatic imine (C=N–C) groups is 1. The molecule has 0 unspecified atom stereocenters. The van der Waals surface area contributed by atoms with Crippen LogP contribution in [0.25, 0.3) is 6.08 Å². The number of benzene rings is 2. The van der Waals surface area contributed by atoms with Crippen LogP contribution < -0.4 is 10.2 Å². The number of amides is 2. The number of nitrogens with one attached hydrogen (secondary N) is 1. The van der Waals surface area contributed by atoms with Gasteiger partial charge in [-0.05, 0) is 48.5 Å². The average Bonchev–Trinajstić information content (AvgIpc) is 3.35. The Labute approximate surface area is 198 Å². The highest BCUT2D eigenvalue weighted by Gasteiger charge is 2.25. The number of esters is 1. The molecule has 2 aromatic carbocycles. The summed E-state index contributed by atoms with van der Waals surface area (Å²) in [5, 5.41) is 5.31. The van der Waals surface area contributed by atoms with E-state index in [9.17, 15) is 14.4 Å². The summed E-state index contributed by atoms with van der Waals surface area (Å²) in [6, 6.07) is 13.7. The van der Waals surface area contributed by atoms with Gasteiger partial charge < -0.3 is 10.1 Å². The molecule has 0 fully saturated rings. The summed E-state index contributed by atoms with van der Waals surface area (Å²) >= 11 is 7.31. The smallest absolute Gasteiger partial charge is 0.363 e. The van der Waals surface area contributed by atoms with Crippen molar-refractivity contribution in [3.05, 3.63) is 75.9 Å². The molecule has 0 bridgehead atoms. The van der Waals surface area contributed by atoms with E-state index in [-0.39, 0.29) is 23.4 Å². The van der Waals surface area contributed by atoms with Crippen molar-refractivity contribution in [2.45, 2.75) is 13.8 Å². The van der Waals surface area contributed by atoms with Gasteiger partial charge in [0.2, 0.25) is 17.7 Å².